The number of allylic oxidation sites excluding steroid dienone is 2. The summed E-state index contributed by atoms with van der Waals surface area (Å²) in [6.07, 6.45) is 17.1. The number of aliphatic carboxylic acids is 1. The lowest BCUT2D eigenvalue weighted by molar-refractivity contribution is -0.137. The summed E-state index contributed by atoms with van der Waals surface area (Å²) in [7, 11) is 0. The molecule has 0 aromatic carbocycles. The number of epoxide rings is 1. The molecule has 3 saturated heterocycles. The van der Waals surface area contributed by atoms with E-state index in [9.17, 15) is 4.79 Å². The molecule has 3 aliphatic heterocycles. The molecule has 0 aromatic heterocycles. The van der Waals surface area contributed by atoms with Crippen LogP contribution in [0.5, 0.6) is 0 Å². The summed E-state index contributed by atoms with van der Waals surface area (Å²) in [6.45, 7) is 0. The average molecular weight is 381 g/mol. The maximum Gasteiger partial charge on any atom is 0.303 e. The van der Waals surface area contributed by atoms with Crippen LogP contribution < -0.4 is 0 Å². The number of hydrogen-bond donors (Lipinski definition) is 1. The topological polar surface area (TPSA) is 59.1 Å². The van der Waals surface area contributed by atoms with Gasteiger partial charge in [-0.15, -0.1) is 0 Å². The molecule has 26 heavy (non-hydrogen) atoms. The fraction of sp³-hybridized carbons (Fsp3) is 0.857. The van der Waals surface area contributed by atoms with Gasteiger partial charge in [-0.1, -0.05) is 31.4 Å². The Labute approximate surface area is 161 Å². The van der Waals surface area contributed by atoms with Crippen LogP contribution >= 0.6 is 11.8 Å². The van der Waals surface area contributed by atoms with E-state index in [1.54, 1.807) is 0 Å². The van der Waals surface area contributed by atoms with Crippen molar-refractivity contribution in [2.24, 2.45) is 11.8 Å². The molecular weight excluding hydrogens is 348 g/mol. The summed E-state index contributed by atoms with van der Waals surface area (Å²) in [5.41, 5.74) is 0. The highest BCUT2D eigenvalue weighted by Crippen LogP contribution is 2.56. The van der Waals surface area contributed by atoms with Gasteiger partial charge in [0.25, 0.3) is 0 Å². The standard InChI is InChI=1S/C21H32O4S/c22-17(23)11-7-2-1-6-10-15-16(19-21-20(25-21)18(15)24-19)12-13-26-14-8-4-3-5-9-14/h1,6,14-16,18-21H,2-5,7-13H2,(H,22,23)/b6-1-/t15-,16+,18+,19-,20-,21+/m0/s1. The Balaban J connectivity index is 1.23. The van der Waals surface area contributed by atoms with E-state index in [0.717, 1.165) is 24.5 Å². The van der Waals surface area contributed by atoms with Crippen molar-refractivity contribution < 1.29 is 19.4 Å². The van der Waals surface area contributed by atoms with Crippen LogP contribution in [-0.4, -0.2) is 46.5 Å². The first-order chi connectivity index (χ1) is 12.7. The van der Waals surface area contributed by atoms with E-state index in [1.807, 2.05) is 0 Å². The van der Waals surface area contributed by atoms with Crippen LogP contribution in [0.1, 0.15) is 64.2 Å². The lowest BCUT2D eigenvalue weighted by atomic mass is 9.76. The highest BCUT2D eigenvalue weighted by Gasteiger charge is 2.68. The molecule has 5 heteroatoms. The Kier molecular flexibility index (Phi) is 6.27. The summed E-state index contributed by atoms with van der Waals surface area (Å²) in [5.74, 6) is 1.79. The highest BCUT2D eigenvalue weighted by atomic mass is 32.2. The monoisotopic (exact) mass is 380 g/mol. The van der Waals surface area contributed by atoms with Crippen LogP contribution in [0.25, 0.3) is 0 Å². The van der Waals surface area contributed by atoms with E-state index in [-0.39, 0.29) is 6.42 Å². The summed E-state index contributed by atoms with van der Waals surface area (Å²) < 4.78 is 12.1. The Morgan fingerprint density at radius 1 is 1.00 bits per heavy atom. The molecule has 4 fully saturated rings. The Hall–Kier alpha value is -0.520. The molecule has 3 heterocycles. The van der Waals surface area contributed by atoms with Gasteiger partial charge in [-0.05, 0) is 56.1 Å². The molecule has 0 aromatic rings. The first-order valence-corrected chi connectivity index (χ1v) is 11.6. The third kappa shape index (κ3) is 4.31. The summed E-state index contributed by atoms with van der Waals surface area (Å²) in [5, 5.41) is 9.59. The second kappa shape index (κ2) is 8.66. The third-order valence-electron chi connectivity index (χ3n) is 6.61. The van der Waals surface area contributed by atoms with E-state index in [4.69, 9.17) is 14.6 Å². The molecule has 0 spiro atoms. The molecule has 4 aliphatic rings. The Morgan fingerprint density at radius 3 is 2.50 bits per heavy atom. The predicted molar refractivity (Wildman–Crippen MR) is 103 cm³/mol. The summed E-state index contributed by atoms with van der Waals surface area (Å²) in [4.78, 5) is 10.6. The van der Waals surface area contributed by atoms with E-state index < -0.39 is 5.97 Å². The number of thioether (sulfide) groups is 1. The number of carboxylic acids is 1. The van der Waals surface area contributed by atoms with Gasteiger partial charge in [0.15, 0.2) is 0 Å². The molecule has 0 amide bonds. The van der Waals surface area contributed by atoms with Crippen molar-refractivity contribution in [2.45, 2.75) is 93.9 Å². The lowest BCUT2D eigenvalue weighted by Gasteiger charge is -2.26. The first-order valence-electron chi connectivity index (χ1n) is 10.5. The van der Waals surface area contributed by atoms with Gasteiger partial charge in [-0.25, -0.2) is 0 Å². The number of hydrogen-bond acceptors (Lipinski definition) is 4. The molecule has 1 N–H and O–H groups in total. The van der Waals surface area contributed by atoms with Crippen LogP contribution in [0.3, 0.4) is 0 Å². The molecule has 4 rings (SSSR count). The van der Waals surface area contributed by atoms with Crippen molar-refractivity contribution in [2.75, 3.05) is 5.75 Å². The highest BCUT2D eigenvalue weighted by molar-refractivity contribution is 7.99. The molecule has 4 nitrogen and oxygen atoms in total. The maximum atomic E-state index is 10.6. The second-order valence-electron chi connectivity index (χ2n) is 8.37. The van der Waals surface area contributed by atoms with Crippen molar-refractivity contribution >= 4 is 17.7 Å². The quantitative estimate of drug-likeness (QED) is 0.345. The molecule has 1 saturated carbocycles. The molecule has 0 radical (unpaired) electrons. The number of rotatable bonds is 10. The number of fused-ring (bicyclic) bond motifs is 5. The molecule has 6 atom stereocenters. The minimum Gasteiger partial charge on any atom is -0.481 e. The lowest BCUT2D eigenvalue weighted by Crippen LogP contribution is -2.33. The van der Waals surface area contributed by atoms with Crippen molar-refractivity contribution in [3.63, 3.8) is 0 Å². The van der Waals surface area contributed by atoms with Crippen LogP contribution in [-0.2, 0) is 14.3 Å². The van der Waals surface area contributed by atoms with Crippen LogP contribution in [0.4, 0.5) is 0 Å². The van der Waals surface area contributed by atoms with Gasteiger partial charge >= 0.3 is 5.97 Å². The predicted octanol–water partition coefficient (Wildman–Crippen LogP) is 4.42. The van der Waals surface area contributed by atoms with E-state index in [2.05, 4.69) is 23.9 Å². The van der Waals surface area contributed by atoms with E-state index in [1.165, 1.54) is 44.3 Å². The molecule has 146 valence electrons. The number of carboxylic acid groups (broad SMARTS) is 1. The van der Waals surface area contributed by atoms with E-state index >= 15 is 0 Å². The minimum atomic E-state index is -0.702. The zero-order valence-corrected chi connectivity index (χ0v) is 16.4. The van der Waals surface area contributed by atoms with Gasteiger partial charge in [0, 0.05) is 11.7 Å². The molecule has 1 aliphatic carbocycles. The molecule has 2 bridgehead atoms. The SMILES string of the molecule is O=C(O)CCC/C=C\C[C@H]1[C@@H](CCSC2CCCCC2)[C@@H]2O[C@H]1[C@@H]1O[C@@H]12. The van der Waals surface area contributed by atoms with Crippen molar-refractivity contribution in [1.82, 2.24) is 0 Å². The van der Waals surface area contributed by atoms with Gasteiger partial charge in [-0.3, -0.25) is 4.79 Å². The number of carbonyl (C=O) groups is 1. The van der Waals surface area contributed by atoms with Gasteiger partial charge in [0.1, 0.15) is 12.2 Å². The largest absolute Gasteiger partial charge is 0.481 e. The fourth-order valence-electron chi connectivity index (χ4n) is 5.21. The van der Waals surface area contributed by atoms with E-state index in [0.29, 0.717) is 36.3 Å². The summed E-state index contributed by atoms with van der Waals surface area (Å²) >= 11 is 2.20. The van der Waals surface area contributed by atoms with Crippen LogP contribution in [0.15, 0.2) is 12.2 Å². The normalized spacial score (nSPS) is 38.8. The number of unbranched alkanes of at least 4 members (excludes halogenated alkanes) is 1. The Morgan fingerprint density at radius 2 is 1.73 bits per heavy atom. The Bertz CT molecular complexity index is 516. The van der Waals surface area contributed by atoms with Crippen LogP contribution in [0, 0.1) is 11.8 Å². The zero-order chi connectivity index (χ0) is 17.9. The van der Waals surface area contributed by atoms with Crippen molar-refractivity contribution in [3.05, 3.63) is 12.2 Å². The molecule has 0 unspecified atom stereocenters. The van der Waals surface area contributed by atoms with Crippen molar-refractivity contribution in [3.8, 4) is 0 Å². The smallest absolute Gasteiger partial charge is 0.303 e. The fourth-order valence-corrected chi connectivity index (χ4v) is 6.62. The van der Waals surface area contributed by atoms with Crippen LogP contribution in [0.2, 0.25) is 0 Å². The minimum absolute atomic E-state index is 0.264. The van der Waals surface area contributed by atoms with Crippen molar-refractivity contribution in [1.29, 1.82) is 0 Å². The molecular formula is C21H32O4S. The third-order valence-corrected chi connectivity index (χ3v) is 8.02. The second-order valence-corrected chi connectivity index (χ2v) is 9.78. The maximum absolute atomic E-state index is 10.6. The van der Waals surface area contributed by atoms with Gasteiger partial charge in [-0.2, -0.15) is 11.8 Å². The van der Waals surface area contributed by atoms with Gasteiger partial charge in [0.2, 0.25) is 0 Å². The first kappa shape index (κ1) is 18.8. The summed E-state index contributed by atoms with van der Waals surface area (Å²) in [6, 6.07) is 0. The number of ether oxygens (including phenoxy) is 2. The zero-order valence-electron chi connectivity index (χ0n) is 15.6. The van der Waals surface area contributed by atoms with Gasteiger partial charge < -0.3 is 14.6 Å². The average Bonchev–Trinajstić information content (AvgIpc) is 3.27. The van der Waals surface area contributed by atoms with Gasteiger partial charge in [0.05, 0.1) is 12.2 Å².